The number of halogens is 6. The third-order valence-electron chi connectivity index (χ3n) is 5.00. The molecule has 4 unspecified atom stereocenters. The lowest BCUT2D eigenvalue weighted by molar-refractivity contribution is -0.362. The lowest BCUT2D eigenvalue weighted by Gasteiger charge is -2.36. The smallest absolute Gasteiger partial charge is 0.438 e. The number of carbonyl (C=O) groups is 2. The summed E-state index contributed by atoms with van der Waals surface area (Å²) in [5.74, 6) is -7.61. The molecule has 15 heteroatoms. The Morgan fingerprint density at radius 2 is 1.65 bits per heavy atom. The first-order chi connectivity index (χ1) is 13.9. The van der Waals surface area contributed by atoms with Crippen LogP contribution in [-0.4, -0.2) is 67.4 Å². The fourth-order valence-corrected chi connectivity index (χ4v) is 4.35. The zero-order chi connectivity index (χ0) is 24.0. The van der Waals surface area contributed by atoms with E-state index in [2.05, 4.69) is 11.3 Å². The number of carbonyl (C=O) groups excluding carboxylic acids is 2. The molecule has 2 aliphatic heterocycles. The van der Waals surface area contributed by atoms with Gasteiger partial charge in [-0.2, -0.15) is 34.8 Å². The summed E-state index contributed by atoms with van der Waals surface area (Å²) in [6, 6.07) is 0. The molecular formula is C16H18F6O8S. The van der Waals surface area contributed by atoms with E-state index in [1.54, 1.807) is 0 Å². The molecular weight excluding hydrogens is 466 g/mol. The van der Waals surface area contributed by atoms with Crippen molar-refractivity contribution in [2.45, 2.75) is 49.9 Å². The minimum atomic E-state index is -6.39. The molecule has 0 aromatic rings. The van der Waals surface area contributed by atoms with E-state index in [9.17, 15) is 44.3 Å². The van der Waals surface area contributed by atoms with E-state index in [0.717, 1.165) is 0 Å². The van der Waals surface area contributed by atoms with E-state index in [0.29, 0.717) is 0 Å². The Balaban J connectivity index is 2.16. The Bertz CT molecular complexity index is 835. The van der Waals surface area contributed by atoms with Crippen molar-refractivity contribution in [3.63, 3.8) is 0 Å². The van der Waals surface area contributed by atoms with Gasteiger partial charge in [0.25, 0.3) is 10.1 Å². The summed E-state index contributed by atoms with van der Waals surface area (Å²) in [6.07, 6.45) is -15.0. The zero-order valence-corrected chi connectivity index (χ0v) is 16.6. The average molecular weight is 484 g/mol. The molecule has 2 heterocycles. The molecule has 0 aromatic heterocycles. The molecule has 0 aromatic carbocycles. The summed E-state index contributed by atoms with van der Waals surface area (Å²) in [7, 11) is -5.86. The van der Waals surface area contributed by atoms with Gasteiger partial charge in [-0.15, -0.1) is 0 Å². The maximum absolute atomic E-state index is 13.3. The Hall–Kier alpha value is -1.87. The van der Waals surface area contributed by atoms with E-state index < -0.39 is 69.8 Å². The van der Waals surface area contributed by atoms with Crippen LogP contribution in [0, 0.1) is 11.8 Å². The molecule has 2 bridgehead atoms. The van der Waals surface area contributed by atoms with Gasteiger partial charge in [-0.05, 0) is 19.8 Å². The molecule has 1 N–H and O–H groups in total. The number of fused-ring (bicyclic) bond motifs is 2. The van der Waals surface area contributed by atoms with Crippen molar-refractivity contribution in [1.29, 1.82) is 0 Å². The SMILES string of the molecule is C=C(C)C(=O)OCC1CC2OC1CC2C(=O)OC(CS(=O)(=O)O)(C(F)(F)F)C(F)(F)F. The summed E-state index contributed by atoms with van der Waals surface area (Å²) in [5.41, 5.74) is -5.34. The highest BCUT2D eigenvalue weighted by Gasteiger charge is 2.76. The van der Waals surface area contributed by atoms with Crippen molar-refractivity contribution < 1.29 is 63.1 Å². The average Bonchev–Trinajstić information content (AvgIpc) is 3.15. The Morgan fingerprint density at radius 3 is 2.03 bits per heavy atom. The number of alkyl halides is 6. The monoisotopic (exact) mass is 484 g/mol. The molecule has 0 aliphatic carbocycles. The minimum Gasteiger partial charge on any atom is -0.462 e. The Morgan fingerprint density at radius 1 is 1.10 bits per heavy atom. The number of rotatable bonds is 7. The van der Waals surface area contributed by atoms with Crippen LogP contribution in [0.25, 0.3) is 0 Å². The molecule has 0 saturated carbocycles. The predicted octanol–water partition coefficient (Wildman–Crippen LogP) is 2.19. The normalized spacial score (nSPS) is 26.6. The maximum Gasteiger partial charge on any atom is 0.438 e. The van der Waals surface area contributed by atoms with E-state index in [1.807, 2.05) is 0 Å². The summed E-state index contributed by atoms with van der Waals surface area (Å²) in [5, 5.41) is 0. The van der Waals surface area contributed by atoms with E-state index >= 15 is 0 Å². The maximum atomic E-state index is 13.3. The van der Waals surface area contributed by atoms with Gasteiger partial charge in [0.15, 0.2) is 0 Å². The lowest BCUT2D eigenvalue weighted by atomic mass is 9.82. The van der Waals surface area contributed by atoms with E-state index in [1.165, 1.54) is 6.92 Å². The molecule has 2 aliphatic rings. The first-order valence-electron chi connectivity index (χ1n) is 8.67. The van der Waals surface area contributed by atoms with Crippen LogP contribution in [0.15, 0.2) is 12.2 Å². The van der Waals surface area contributed by atoms with Gasteiger partial charge in [0.2, 0.25) is 0 Å². The molecule has 8 nitrogen and oxygen atoms in total. The number of ether oxygens (including phenoxy) is 3. The molecule has 31 heavy (non-hydrogen) atoms. The second-order valence-corrected chi connectivity index (χ2v) is 8.85. The first kappa shape index (κ1) is 25.4. The first-order valence-corrected chi connectivity index (χ1v) is 10.3. The second kappa shape index (κ2) is 8.24. The Labute approximate surface area is 172 Å². The topological polar surface area (TPSA) is 116 Å². The van der Waals surface area contributed by atoms with Crippen molar-refractivity contribution >= 4 is 22.1 Å². The number of esters is 2. The van der Waals surface area contributed by atoms with Crippen LogP contribution >= 0.6 is 0 Å². The standard InChI is InChI=1S/C16H18F6O8S/c1-7(2)12(23)28-5-8-3-11-9(4-10(8)29-11)13(24)30-14(15(17,18)19,16(20,21)22)6-31(25,26)27/h8-11H,1,3-6H2,2H3,(H,25,26,27). The van der Waals surface area contributed by atoms with Crippen molar-refractivity contribution in [3.05, 3.63) is 12.2 Å². The molecule has 2 rings (SSSR count). The fourth-order valence-electron chi connectivity index (χ4n) is 3.45. The molecule has 178 valence electrons. The van der Waals surface area contributed by atoms with Crippen molar-refractivity contribution in [3.8, 4) is 0 Å². The van der Waals surface area contributed by atoms with Crippen LogP contribution in [-0.2, 0) is 33.9 Å². The van der Waals surface area contributed by atoms with Crippen LogP contribution < -0.4 is 0 Å². The van der Waals surface area contributed by atoms with Crippen LogP contribution in [0.4, 0.5) is 26.3 Å². The largest absolute Gasteiger partial charge is 0.462 e. The van der Waals surface area contributed by atoms with Gasteiger partial charge >= 0.3 is 29.9 Å². The quantitative estimate of drug-likeness (QED) is 0.253. The lowest BCUT2D eigenvalue weighted by Crippen LogP contribution is -2.64. The molecule has 4 atom stereocenters. The van der Waals surface area contributed by atoms with Gasteiger partial charge in [-0.25, -0.2) is 4.79 Å². The van der Waals surface area contributed by atoms with Gasteiger partial charge < -0.3 is 14.2 Å². The third-order valence-corrected chi connectivity index (χ3v) is 5.77. The molecule has 2 saturated heterocycles. The highest BCUT2D eigenvalue weighted by molar-refractivity contribution is 7.85. The van der Waals surface area contributed by atoms with Gasteiger partial charge in [0, 0.05) is 11.5 Å². The summed E-state index contributed by atoms with van der Waals surface area (Å²) in [6.45, 7) is 4.61. The van der Waals surface area contributed by atoms with Crippen LogP contribution in [0.5, 0.6) is 0 Å². The van der Waals surface area contributed by atoms with E-state index in [-0.39, 0.29) is 25.0 Å². The van der Waals surface area contributed by atoms with Gasteiger partial charge in [0.05, 0.1) is 24.7 Å². The number of hydrogen-bond acceptors (Lipinski definition) is 7. The highest BCUT2D eigenvalue weighted by atomic mass is 32.2. The zero-order valence-electron chi connectivity index (χ0n) is 15.8. The third kappa shape index (κ3) is 5.31. The minimum absolute atomic E-state index is 0.0166. The highest BCUT2D eigenvalue weighted by Crippen LogP contribution is 2.49. The van der Waals surface area contributed by atoms with Crippen molar-refractivity contribution in [1.82, 2.24) is 0 Å². The van der Waals surface area contributed by atoms with Gasteiger partial charge in [-0.3, -0.25) is 9.35 Å². The van der Waals surface area contributed by atoms with E-state index in [4.69, 9.17) is 14.0 Å². The summed E-state index contributed by atoms with van der Waals surface area (Å²) < 4.78 is 124. The van der Waals surface area contributed by atoms with Crippen LogP contribution in [0.2, 0.25) is 0 Å². The predicted molar refractivity (Wildman–Crippen MR) is 88.0 cm³/mol. The van der Waals surface area contributed by atoms with Crippen LogP contribution in [0.1, 0.15) is 19.8 Å². The van der Waals surface area contributed by atoms with Crippen LogP contribution in [0.3, 0.4) is 0 Å². The second-order valence-electron chi connectivity index (χ2n) is 7.40. The van der Waals surface area contributed by atoms with Crippen molar-refractivity contribution in [2.24, 2.45) is 11.8 Å². The molecule has 0 spiro atoms. The molecule has 0 amide bonds. The number of hydrogen-bond donors (Lipinski definition) is 1. The summed E-state index contributed by atoms with van der Waals surface area (Å²) in [4.78, 5) is 23.6. The Kier molecular flexibility index (Phi) is 6.75. The van der Waals surface area contributed by atoms with Crippen molar-refractivity contribution in [2.75, 3.05) is 12.4 Å². The molecule has 0 radical (unpaired) electrons. The fraction of sp³-hybridized carbons (Fsp3) is 0.750. The molecule has 2 fully saturated rings. The summed E-state index contributed by atoms with van der Waals surface area (Å²) >= 11 is 0. The van der Waals surface area contributed by atoms with Gasteiger partial charge in [-0.1, -0.05) is 6.58 Å². The van der Waals surface area contributed by atoms with Gasteiger partial charge in [0.1, 0.15) is 5.75 Å².